The van der Waals surface area contributed by atoms with Gasteiger partial charge in [0.05, 0.1) is 19.8 Å². The molecule has 0 aromatic rings. The molecular weight excluding hydrogens is 176 g/mol. The number of hydrogen-bond donors (Lipinski definition) is 0. The number of likely N-dealkylation sites (tertiary alicyclic amines) is 1. The Morgan fingerprint density at radius 3 is 2.38 bits per heavy atom. The molecule has 0 unspecified atom stereocenters. The standard InChI is InChI=1S/C9H15F2NO/c10-9(11)4-12-2-7-1-8(3-12)6-13-5-7/h7-9H,1-6H2/t7-,8+. The SMILES string of the molecule is FC(F)CN1C[C@@H]2COC[C@@H](C2)C1. The van der Waals surface area contributed by atoms with Crippen LogP contribution in [0.4, 0.5) is 8.78 Å². The lowest BCUT2D eigenvalue weighted by atomic mass is 9.88. The lowest BCUT2D eigenvalue weighted by molar-refractivity contribution is -0.0522. The first-order valence-electron chi connectivity index (χ1n) is 4.82. The lowest BCUT2D eigenvalue weighted by Crippen LogP contribution is -2.47. The average molecular weight is 191 g/mol. The van der Waals surface area contributed by atoms with Crippen LogP contribution in [-0.4, -0.2) is 44.2 Å². The molecule has 0 aliphatic carbocycles. The summed E-state index contributed by atoms with van der Waals surface area (Å²) in [5, 5.41) is 0. The zero-order valence-corrected chi connectivity index (χ0v) is 7.59. The predicted molar refractivity (Wildman–Crippen MR) is 44.9 cm³/mol. The first-order valence-corrected chi connectivity index (χ1v) is 4.82. The summed E-state index contributed by atoms with van der Waals surface area (Å²) >= 11 is 0. The van der Waals surface area contributed by atoms with E-state index in [1.807, 2.05) is 4.90 Å². The van der Waals surface area contributed by atoms with E-state index >= 15 is 0 Å². The zero-order valence-electron chi connectivity index (χ0n) is 7.59. The maximum Gasteiger partial charge on any atom is 0.251 e. The highest BCUT2D eigenvalue weighted by molar-refractivity contribution is 4.82. The number of ether oxygens (including phenoxy) is 1. The van der Waals surface area contributed by atoms with Crippen LogP contribution in [0.25, 0.3) is 0 Å². The van der Waals surface area contributed by atoms with Gasteiger partial charge in [-0.1, -0.05) is 0 Å². The number of rotatable bonds is 2. The molecule has 0 amide bonds. The molecule has 0 saturated carbocycles. The molecule has 2 rings (SSSR count). The van der Waals surface area contributed by atoms with Crippen LogP contribution >= 0.6 is 0 Å². The normalized spacial score (nSPS) is 35.3. The molecule has 2 fully saturated rings. The number of fused-ring (bicyclic) bond motifs is 2. The van der Waals surface area contributed by atoms with Gasteiger partial charge in [-0.15, -0.1) is 0 Å². The molecule has 0 aromatic carbocycles. The van der Waals surface area contributed by atoms with E-state index in [4.69, 9.17) is 4.74 Å². The molecule has 0 radical (unpaired) electrons. The van der Waals surface area contributed by atoms with Gasteiger partial charge in [0.2, 0.25) is 0 Å². The monoisotopic (exact) mass is 191 g/mol. The van der Waals surface area contributed by atoms with Gasteiger partial charge in [-0.3, -0.25) is 4.90 Å². The van der Waals surface area contributed by atoms with Gasteiger partial charge in [-0.2, -0.15) is 0 Å². The summed E-state index contributed by atoms with van der Waals surface area (Å²) in [6.07, 6.45) is -1.03. The van der Waals surface area contributed by atoms with Crippen LogP contribution in [0, 0.1) is 11.8 Å². The third kappa shape index (κ3) is 2.38. The van der Waals surface area contributed by atoms with Crippen molar-refractivity contribution in [2.24, 2.45) is 11.8 Å². The molecule has 2 nitrogen and oxygen atoms in total. The van der Waals surface area contributed by atoms with Crippen molar-refractivity contribution in [1.82, 2.24) is 4.90 Å². The summed E-state index contributed by atoms with van der Waals surface area (Å²) in [7, 11) is 0. The molecule has 0 spiro atoms. The van der Waals surface area contributed by atoms with E-state index < -0.39 is 6.43 Å². The Hall–Kier alpha value is -0.220. The molecule has 13 heavy (non-hydrogen) atoms. The van der Waals surface area contributed by atoms with Gasteiger partial charge in [0.15, 0.2) is 0 Å². The van der Waals surface area contributed by atoms with Gasteiger partial charge < -0.3 is 4.74 Å². The number of nitrogens with zero attached hydrogens (tertiary/aromatic N) is 1. The van der Waals surface area contributed by atoms with E-state index in [1.165, 1.54) is 6.42 Å². The Balaban J connectivity index is 1.86. The van der Waals surface area contributed by atoms with Crippen LogP contribution in [0.3, 0.4) is 0 Å². The smallest absolute Gasteiger partial charge is 0.251 e. The minimum atomic E-state index is -2.19. The van der Waals surface area contributed by atoms with Crippen molar-refractivity contribution >= 4 is 0 Å². The van der Waals surface area contributed by atoms with Gasteiger partial charge in [0.25, 0.3) is 6.43 Å². The minimum absolute atomic E-state index is 0.0625. The summed E-state index contributed by atoms with van der Waals surface area (Å²) in [6, 6.07) is 0. The third-order valence-corrected chi connectivity index (χ3v) is 2.80. The van der Waals surface area contributed by atoms with Crippen molar-refractivity contribution in [3.05, 3.63) is 0 Å². The third-order valence-electron chi connectivity index (χ3n) is 2.80. The second-order valence-corrected chi connectivity index (χ2v) is 4.11. The van der Waals surface area contributed by atoms with Crippen LogP contribution in [0.1, 0.15) is 6.42 Å². The number of piperidine rings is 1. The fraction of sp³-hybridized carbons (Fsp3) is 1.00. The Bertz CT molecular complexity index is 165. The molecule has 2 aliphatic rings. The second kappa shape index (κ2) is 3.88. The Labute approximate surface area is 76.9 Å². The maximum atomic E-state index is 12.1. The van der Waals surface area contributed by atoms with Crippen molar-refractivity contribution in [1.29, 1.82) is 0 Å². The molecule has 2 bridgehead atoms. The number of halogens is 2. The van der Waals surface area contributed by atoms with Crippen molar-refractivity contribution < 1.29 is 13.5 Å². The molecular formula is C9H15F2NO. The van der Waals surface area contributed by atoms with Crippen molar-refractivity contribution in [2.45, 2.75) is 12.8 Å². The van der Waals surface area contributed by atoms with Crippen LogP contribution in [0.15, 0.2) is 0 Å². The largest absolute Gasteiger partial charge is 0.381 e. The van der Waals surface area contributed by atoms with Crippen LogP contribution in [0.2, 0.25) is 0 Å². The molecule has 0 aromatic heterocycles. The quantitative estimate of drug-likeness (QED) is 0.650. The van der Waals surface area contributed by atoms with E-state index in [2.05, 4.69) is 0 Å². The molecule has 2 aliphatic heterocycles. The van der Waals surface area contributed by atoms with Gasteiger partial charge in [-0.25, -0.2) is 8.78 Å². The summed E-state index contributed by atoms with van der Waals surface area (Å²) < 4.78 is 29.6. The van der Waals surface area contributed by atoms with Crippen molar-refractivity contribution in [2.75, 3.05) is 32.8 Å². The van der Waals surface area contributed by atoms with E-state index in [9.17, 15) is 8.78 Å². The molecule has 2 saturated heterocycles. The zero-order chi connectivity index (χ0) is 9.26. The fourth-order valence-electron chi connectivity index (χ4n) is 2.41. The highest BCUT2D eigenvalue weighted by Crippen LogP contribution is 2.26. The van der Waals surface area contributed by atoms with Gasteiger partial charge in [0.1, 0.15) is 0 Å². The minimum Gasteiger partial charge on any atom is -0.381 e. The molecule has 2 atom stereocenters. The van der Waals surface area contributed by atoms with E-state index in [1.54, 1.807) is 0 Å². The van der Waals surface area contributed by atoms with Crippen LogP contribution in [0.5, 0.6) is 0 Å². The highest BCUT2D eigenvalue weighted by atomic mass is 19.3. The maximum absolute atomic E-state index is 12.1. The summed E-state index contributed by atoms with van der Waals surface area (Å²) in [6.45, 7) is 3.04. The topological polar surface area (TPSA) is 12.5 Å². The lowest BCUT2D eigenvalue weighted by Gasteiger charge is -2.40. The van der Waals surface area contributed by atoms with Crippen molar-refractivity contribution in [3.63, 3.8) is 0 Å². The first kappa shape index (κ1) is 9.34. The summed E-state index contributed by atoms with van der Waals surface area (Å²) in [5.74, 6) is 0.984. The van der Waals surface area contributed by atoms with E-state index in [0.29, 0.717) is 11.8 Å². The van der Waals surface area contributed by atoms with Gasteiger partial charge in [-0.05, 0) is 18.3 Å². The van der Waals surface area contributed by atoms with Crippen LogP contribution < -0.4 is 0 Å². The van der Waals surface area contributed by atoms with Crippen LogP contribution in [-0.2, 0) is 4.74 Å². The van der Waals surface area contributed by atoms with E-state index in [0.717, 1.165) is 26.3 Å². The fourth-order valence-corrected chi connectivity index (χ4v) is 2.41. The highest BCUT2D eigenvalue weighted by Gasteiger charge is 2.31. The summed E-state index contributed by atoms with van der Waals surface area (Å²) in [4.78, 5) is 1.88. The molecule has 2 heterocycles. The number of alkyl halides is 2. The molecule has 0 N–H and O–H groups in total. The predicted octanol–water partition coefficient (Wildman–Crippen LogP) is 1.22. The first-order chi connectivity index (χ1) is 6.24. The van der Waals surface area contributed by atoms with Gasteiger partial charge in [0, 0.05) is 13.1 Å². The summed E-state index contributed by atoms with van der Waals surface area (Å²) in [5.41, 5.74) is 0. The molecule has 4 heteroatoms. The second-order valence-electron chi connectivity index (χ2n) is 4.11. The average Bonchev–Trinajstić information content (AvgIpc) is 2.01. The molecule has 76 valence electrons. The van der Waals surface area contributed by atoms with Gasteiger partial charge >= 0.3 is 0 Å². The Morgan fingerprint density at radius 2 is 1.85 bits per heavy atom. The van der Waals surface area contributed by atoms with Crippen molar-refractivity contribution in [3.8, 4) is 0 Å². The Kier molecular flexibility index (Phi) is 2.79. The Morgan fingerprint density at radius 1 is 1.23 bits per heavy atom. The van der Waals surface area contributed by atoms with E-state index in [-0.39, 0.29) is 6.54 Å². The number of hydrogen-bond acceptors (Lipinski definition) is 2.